The Morgan fingerprint density at radius 3 is 2.62 bits per heavy atom. The molecule has 112 valence electrons. The number of nitrogens with zero attached hydrogens (tertiary/aromatic N) is 3. The van der Waals surface area contributed by atoms with Crippen LogP contribution in [-0.4, -0.2) is 40.8 Å². The zero-order chi connectivity index (χ0) is 15.4. The fraction of sp³-hybridized carbons (Fsp3) is 0.333. The minimum Gasteiger partial charge on any atom is -0.492 e. The molecule has 0 spiro atoms. The summed E-state index contributed by atoms with van der Waals surface area (Å²) < 4.78 is 7.10. The number of anilines is 1. The van der Waals surface area contributed by atoms with Crippen LogP contribution >= 0.6 is 0 Å². The molecule has 0 saturated carbocycles. The topological polar surface area (TPSA) is 73.4 Å². The number of para-hydroxylation sites is 1. The number of likely N-dealkylation sites (N-methyl/N-ethyl adjacent to an activating group) is 1. The maximum absolute atomic E-state index is 12.4. The van der Waals surface area contributed by atoms with Crippen molar-refractivity contribution in [2.75, 3.05) is 25.9 Å². The molecule has 0 aliphatic carbocycles. The number of aromatic nitrogens is 2. The van der Waals surface area contributed by atoms with Crippen molar-refractivity contribution in [1.29, 1.82) is 0 Å². The molecule has 1 heterocycles. The Hall–Kier alpha value is -2.50. The molecule has 0 saturated heterocycles. The predicted molar refractivity (Wildman–Crippen MR) is 81.3 cm³/mol. The molecule has 6 heteroatoms. The van der Waals surface area contributed by atoms with E-state index >= 15 is 0 Å². The van der Waals surface area contributed by atoms with Gasteiger partial charge in [0.25, 0.3) is 5.91 Å². The molecule has 1 aromatic heterocycles. The summed E-state index contributed by atoms with van der Waals surface area (Å²) >= 11 is 0. The third kappa shape index (κ3) is 3.34. The summed E-state index contributed by atoms with van der Waals surface area (Å²) in [4.78, 5) is 14.0. The van der Waals surface area contributed by atoms with Crippen LogP contribution in [0, 0.1) is 6.92 Å². The van der Waals surface area contributed by atoms with Gasteiger partial charge in [-0.05, 0) is 19.1 Å². The minimum absolute atomic E-state index is 0.160. The summed E-state index contributed by atoms with van der Waals surface area (Å²) in [6.45, 7) is 2.67. The molecule has 6 nitrogen and oxygen atoms in total. The summed E-state index contributed by atoms with van der Waals surface area (Å²) in [7, 11) is 3.43. The first-order valence-electron chi connectivity index (χ1n) is 6.73. The van der Waals surface area contributed by atoms with E-state index in [9.17, 15) is 4.79 Å². The Labute approximate surface area is 124 Å². The quantitative estimate of drug-likeness (QED) is 0.904. The van der Waals surface area contributed by atoms with Crippen LogP contribution in [0.25, 0.3) is 0 Å². The van der Waals surface area contributed by atoms with Crippen LogP contribution in [0.3, 0.4) is 0 Å². The van der Waals surface area contributed by atoms with Gasteiger partial charge in [-0.1, -0.05) is 18.2 Å². The monoisotopic (exact) mass is 288 g/mol. The van der Waals surface area contributed by atoms with E-state index in [1.807, 2.05) is 30.3 Å². The highest BCUT2D eigenvalue weighted by molar-refractivity contribution is 5.97. The van der Waals surface area contributed by atoms with E-state index in [4.69, 9.17) is 10.5 Å². The zero-order valence-corrected chi connectivity index (χ0v) is 12.5. The van der Waals surface area contributed by atoms with Gasteiger partial charge in [-0.3, -0.25) is 9.48 Å². The summed E-state index contributed by atoms with van der Waals surface area (Å²) in [6.07, 6.45) is 0. The van der Waals surface area contributed by atoms with Gasteiger partial charge < -0.3 is 15.4 Å². The Bertz CT molecular complexity index is 622. The largest absolute Gasteiger partial charge is 0.492 e. The predicted octanol–water partition coefficient (Wildman–Crippen LogP) is 1.46. The van der Waals surface area contributed by atoms with Gasteiger partial charge in [0.2, 0.25) is 0 Å². The zero-order valence-electron chi connectivity index (χ0n) is 12.5. The highest BCUT2D eigenvalue weighted by Crippen LogP contribution is 2.17. The number of carbonyl (C=O) groups excluding carboxylic acids is 1. The van der Waals surface area contributed by atoms with Crippen LogP contribution in [0.1, 0.15) is 16.2 Å². The highest BCUT2D eigenvalue weighted by Gasteiger charge is 2.21. The van der Waals surface area contributed by atoms with Crippen LogP contribution in [0.4, 0.5) is 5.69 Å². The molecule has 2 N–H and O–H groups in total. The van der Waals surface area contributed by atoms with Gasteiger partial charge in [0.1, 0.15) is 18.1 Å². The number of aryl methyl sites for hydroxylation is 2. The normalized spacial score (nSPS) is 10.4. The van der Waals surface area contributed by atoms with Crippen LogP contribution in [0.2, 0.25) is 0 Å². The van der Waals surface area contributed by atoms with Crippen LogP contribution in [-0.2, 0) is 7.05 Å². The summed E-state index contributed by atoms with van der Waals surface area (Å²) in [5.41, 5.74) is 7.40. The molecule has 0 atom stereocenters. The summed E-state index contributed by atoms with van der Waals surface area (Å²) in [5, 5.41) is 4.15. The average Bonchev–Trinajstić information content (AvgIpc) is 2.72. The van der Waals surface area contributed by atoms with E-state index in [0.29, 0.717) is 30.2 Å². The number of nitrogen functional groups attached to an aromatic ring is 1. The number of hydrogen-bond acceptors (Lipinski definition) is 4. The van der Waals surface area contributed by atoms with E-state index in [1.54, 1.807) is 25.9 Å². The Morgan fingerprint density at radius 2 is 2.05 bits per heavy atom. The second-order valence-corrected chi connectivity index (χ2v) is 4.86. The maximum atomic E-state index is 12.4. The lowest BCUT2D eigenvalue weighted by Gasteiger charge is -2.18. The van der Waals surface area contributed by atoms with E-state index in [0.717, 1.165) is 5.75 Å². The van der Waals surface area contributed by atoms with E-state index in [2.05, 4.69) is 5.10 Å². The van der Waals surface area contributed by atoms with Crippen LogP contribution in [0.5, 0.6) is 5.75 Å². The highest BCUT2D eigenvalue weighted by atomic mass is 16.5. The first-order chi connectivity index (χ1) is 10.0. The third-order valence-corrected chi connectivity index (χ3v) is 3.26. The smallest absolute Gasteiger partial charge is 0.274 e. The number of rotatable bonds is 5. The van der Waals surface area contributed by atoms with Crippen molar-refractivity contribution >= 4 is 11.6 Å². The van der Waals surface area contributed by atoms with Crippen molar-refractivity contribution < 1.29 is 9.53 Å². The van der Waals surface area contributed by atoms with E-state index < -0.39 is 0 Å². The Morgan fingerprint density at radius 1 is 1.38 bits per heavy atom. The maximum Gasteiger partial charge on any atom is 0.274 e. The van der Waals surface area contributed by atoms with Crippen molar-refractivity contribution in [2.24, 2.45) is 7.05 Å². The summed E-state index contributed by atoms with van der Waals surface area (Å²) in [6, 6.07) is 9.50. The Kier molecular flexibility index (Phi) is 4.47. The lowest BCUT2D eigenvalue weighted by molar-refractivity contribution is 0.0764. The van der Waals surface area contributed by atoms with Crippen molar-refractivity contribution in [3.63, 3.8) is 0 Å². The summed E-state index contributed by atoms with van der Waals surface area (Å²) in [5.74, 6) is 0.626. The third-order valence-electron chi connectivity index (χ3n) is 3.26. The molecule has 21 heavy (non-hydrogen) atoms. The number of hydrogen-bond donors (Lipinski definition) is 1. The first-order valence-corrected chi connectivity index (χ1v) is 6.73. The molecule has 0 fully saturated rings. The van der Waals surface area contributed by atoms with Crippen LogP contribution < -0.4 is 10.5 Å². The van der Waals surface area contributed by atoms with Crippen molar-refractivity contribution in [3.05, 3.63) is 41.7 Å². The van der Waals surface area contributed by atoms with Gasteiger partial charge in [0, 0.05) is 14.1 Å². The molecule has 0 bridgehead atoms. The van der Waals surface area contributed by atoms with Gasteiger partial charge in [-0.2, -0.15) is 5.10 Å². The molecule has 1 aromatic carbocycles. The second-order valence-electron chi connectivity index (χ2n) is 4.86. The molecule has 0 unspecified atom stereocenters. The lowest BCUT2D eigenvalue weighted by Crippen LogP contribution is -2.32. The molecular formula is C15H20N4O2. The second kappa shape index (κ2) is 6.30. The SMILES string of the molecule is Cc1nn(C)c(C(=O)N(C)CCOc2ccccc2)c1N. The minimum atomic E-state index is -0.160. The molecule has 0 aliphatic heterocycles. The number of ether oxygens (including phenoxy) is 1. The van der Waals surface area contributed by atoms with Gasteiger partial charge in [-0.25, -0.2) is 0 Å². The number of nitrogens with two attached hydrogens (primary N) is 1. The standard InChI is InChI=1S/C15H20N4O2/c1-11-13(16)14(19(3)17-11)15(20)18(2)9-10-21-12-7-5-4-6-8-12/h4-8H,9-10,16H2,1-3H3. The first kappa shape index (κ1) is 14.9. The molecule has 0 aliphatic rings. The molecule has 2 rings (SSSR count). The van der Waals surface area contributed by atoms with Gasteiger partial charge in [-0.15, -0.1) is 0 Å². The van der Waals surface area contributed by atoms with Crippen molar-refractivity contribution in [3.8, 4) is 5.75 Å². The van der Waals surface area contributed by atoms with Crippen molar-refractivity contribution in [1.82, 2.24) is 14.7 Å². The molecule has 0 radical (unpaired) electrons. The molecular weight excluding hydrogens is 268 g/mol. The van der Waals surface area contributed by atoms with Gasteiger partial charge in [0.05, 0.1) is 17.9 Å². The molecule has 2 aromatic rings. The van der Waals surface area contributed by atoms with E-state index in [-0.39, 0.29) is 5.91 Å². The number of benzene rings is 1. The Balaban J connectivity index is 1.94. The number of carbonyl (C=O) groups is 1. The van der Waals surface area contributed by atoms with Gasteiger partial charge in [0.15, 0.2) is 0 Å². The fourth-order valence-corrected chi connectivity index (χ4v) is 2.03. The fourth-order valence-electron chi connectivity index (χ4n) is 2.03. The number of amides is 1. The molecule has 1 amide bonds. The average molecular weight is 288 g/mol. The van der Waals surface area contributed by atoms with E-state index in [1.165, 1.54) is 4.68 Å². The lowest BCUT2D eigenvalue weighted by atomic mass is 10.3. The van der Waals surface area contributed by atoms with Crippen molar-refractivity contribution in [2.45, 2.75) is 6.92 Å². The van der Waals surface area contributed by atoms with Gasteiger partial charge >= 0.3 is 0 Å². The van der Waals surface area contributed by atoms with Crippen LogP contribution in [0.15, 0.2) is 30.3 Å².